The van der Waals surface area contributed by atoms with Crippen LogP contribution in [0.1, 0.15) is 50.7 Å². The highest BCUT2D eigenvalue weighted by atomic mass is 16.3. The van der Waals surface area contributed by atoms with Crippen molar-refractivity contribution in [3.63, 3.8) is 0 Å². The molecule has 4 heterocycles. The summed E-state index contributed by atoms with van der Waals surface area (Å²) in [5, 5.41) is 9.75. The highest BCUT2D eigenvalue weighted by Gasteiger charge is 2.40. The number of carbonyl (C=O) groups is 1. The monoisotopic (exact) mass is 412 g/mol. The summed E-state index contributed by atoms with van der Waals surface area (Å²) >= 11 is 0. The van der Waals surface area contributed by atoms with Crippen molar-refractivity contribution in [1.82, 2.24) is 14.7 Å². The van der Waals surface area contributed by atoms with Gasteiger partial charge < -0.3 is 14.9 Å². The summed E-state index contributed by atoms with van der Waals surface area (Å²) in [4.78, 5) is 22.6. The Morgan fingerprint density at radius 2 is 1.67 bits per heavy atom. The fourth-order valence-electron chi connectivity index (χ4n) is 5.73. The number of nitrogens with zero attached hydrogens (tertiary/aromatic N) is 4. The third kappa shape index (κ3) is 3.97. The van der Waals surface area contributed by atoms with Gasteiger partial charge in [-0.3, -0.25) is 14.6 Å². The lowest BCUT2D eigenvalue weighted by Gasteiger charge is -2.52. The van der Waals surface area contributed by atoms with E-state index in [-0.39, 0.29) is 0 Å². The summed E-state index contributed by atoms with van der Waals surface area (Å²) < 4.78 is 0. The summed E-state index contributed by atoms with van der Waals surface area (Å²) in [7, 11) is 0. The minimum atomic E-state index is -0.422. The van der Waals surface area contributed by atoms with Crippen LogP contribution in [-0.2, 0) is 4.79 Å². The first-order chi connectivity index (χ1) is 14.6. The van der Waals surface area contributed by atoms with E-state index in [4.69, 9.17) is 0 Å². The van der Waals surface area contributed by atoms with E-state index in [2.05, 4.69) is 31.7 Å². The van der Waals surface area contributed by atoms with Gasteiger partial charge in [0.2, 0.25) is 5.91 Å². The molecule has 3 unspecified atom stereocenters. The van der Waals surface area contributed by atoms with Crippen molar-refractivity contribution in [2.24, 2.45) is 0 Å². The number of amides is 1. The van der Waals surface area contributed by atoms with Gasteiger partial charge in [-0.25, -0.2) is 0 Å². The minimum Gasteiger partial charge on any atom is -0.389 e. The molecule has 0 spiro atoms. The number of rotatable bonds is 5. The molecular weight excluding hydrogens is 376 g/mol. The van der Waals surface area contributed by atoms with Crippen molar-refractivity contribution in [1.29, 1.82) is 0 Å². The van der Waals surface area contributed by atoms with Crippen LogP contribution in [0.15, 0.2) is 24.3 Å². The number of benzene rings is 1. The SMILES string of the molecule is CC(O)c1ccc(N2CC3CCC2CN3CC(=O)N2CCN(C3CCC3)CC2)cc1. The fourth-order valence-corrected chi connectivity index (χ4v) is 5.73. The Kier molecular flexibility index (Phi) is 5.73. The zero-order valence-corrected chi connectivity index (χ0v) is 18.2. The van der Waals surface area contributed by atoms with Crippen LogP contribution in [0.4, 0.5) is 5.69 Å². The Morgan fingerprint density at radius 1 is 0.967 bits per heavy atom. The Labute approximate surface area is 180 Å². The van der Waals surface area contributed by atoms with Gasteiger partial charge in [-0.15, -0.1) is 0 Å². The van der Waals surface area contributed by atoms with Crippen LogP contribution in [0, 0.1) is 0 Å². The molecule has 6 rings (SSSR count). The van der Waals surface area contributed by atoms with E-state index in [1.807, 2.05) is 12.1 Å². The smallest absolute Gasteiger partial charge is 0.236 e. The molecule has 6 nitrogen and oxygen atoms in total. The molecule has 1 aliphatic carbocycles. The van der Waals surface area contributed by atoms with Crippen LogP contribution in [0.3, 0.4) is 0 Å². The average Bonchev–Trinajstić information content (AvgIpc) is 2.73. The van der Waals surface area contributed by atoms with E-state index in [1.165, 1.54) is 37.8 Å². The molecule has 1 saturated carbocycles. The van der Waals surface area contributed by atoms with Crippen LogP contribution in [0.2, 0.25) is 0 Å². The number of anilines is 1. The second-order valence-electron chi connectivity index (χ2n) is 9.74. The van der Waals surface area contributed by atoms with Crippen molar-refractivity contribution >= 4 is 11.6 Å². The van der Waals surface area contributed by atoms with E-state index in [1.54, 1.807) is 6.92 Å². The van der Waals surface area contributed by atoms with E-state index in [9.17, 15) is 9.90 Å². The van der Waals surface area contributed by atoms with Gasteiger partial charge in [0.1, 0.15) is 0 Å². The lowest BCUT2D eigenvalue weighted by molar-refractivity contribution is -0.136. The first kappa shape index (κ1) is 20.3. The molecule has 4 saturated heterocycles. The largest absolute Gasteiger partial charge is 0.389 e. The Morgan fingerprint density at radius 3 is 2.23 bits per heavy atom. The average molecular weight is 413 g/mol. The topological polar surface area (TPSA) is 50.3 Å². The van der Waals surface area contributed by atoms with Gasteiger partial charge in [-0.1, -0.05) is 18.6 Å². The number of piperazine rings is 2. The summed E-state index contributed by atoms with van der Waals surface area (Å²) in [6.07, 6.45) is 6.05. The molecule has 164 valence electrons. The van der Waals surface area contributed by atoms with Crippen molar-refractivity contribution in [2.45, 2.75) is 63.3 Å². The van der Waals surface area contributed by atoms with E-state index in [0.29, 0.717) is 24.5 Å². The van der Waals surface area contributed by atoms with Gasteiger partial charge in [-0.05, 0) is 50.3 Å². The molecule has 1 aromatic carbocycles. The molecular formula is C24H36N4O2. The van der Waals surface area contributed by atoms with Gasteiger partial charge in [0.25, 0.3) is 0 Å². The van der Waals surface area contributed by atoms with Gasteiger partial charge in [0.15, 0.2) is 0 Å². The molecule has 0 aromatic heterocycles. The normalized spacial score (nSPS) is 29.1. The summed E-state index contributed by atoms with van der Waals surface area (Å²) in [6.45, 7) is 8.28. The van der Waals surface area contributed by atoms with E-state index >= 15 is 0 Å². The molecule has 5 fully saturated rings. The van der Waals surface area contributed by atoms with Crippen molar-refractivity contribution < 1.29 is 9.90 Å². The molecule has 2 bridgehead atoms. The van der Waals surface area contributed by atoms with Gasteiger partial charge in [0.05, 0.1) is 12.6 Å². The molecule has 30 heavy (non-hydrogen) atoms. The molecule has 6 heteroatoms. The maximum atomic E-state index is 13.0. The zero-order chi connectivity index (χ0) is 20.7. The second-order valence-corrected chi connectivity index (χ2v) is 9.74. The van der Waals surface area contributed by atoms with E-state index in [0.717, 1.165) is 50.9 Å². The number of aliphatic hydroxyl groups is 1. The molecule has 5 aliphatic rings. The third-order valence-corrected chi connectivity index (χ3v) is 7.95. The number of hydrogen-bond acceptors (Lipinski definition) is 5. The first-order valence-electron chi connectivity index (χ1n) is 11.9. The summed E-state index contributed by atoms with van der Waals surface area (Å²) in [6, 6.07) is 10.1. The molecule has 1 aromatic rings. The lowest BCUT2D eigenvalue weighted by Crippen LogP contribution is -2.64. The van der Waals surface area contributed by atoms with Gasteiger partial charge in [0, 0.05) is 63.1 Å². The lowest BCUT2D eigenvalue weighted by atomic mass is 9.90. The Bertz CT molecular complexity index is 740. The number of hydrogen-bond donors (Lipinski definition) is 1. The highest BCUT2D eigenvalue weighted by molar-refractivity contribution is 5.78. The number of piperidine rings is 2. The molecule has 0 radical (unpaired) electrons. The molecule has 1 N–H and O–H groups in total. The third-order valence-electron chi connectivity index (χ3n) is 7.95. The van der Waals surface area contributed by atoms with Gasteiger partial charge in [-0.2, -0.15) is 0 Å². The zero-order valence-electron chi connectivity index (χ0n) is 18.2. The maximum Gasteiger partial charge on any atom is 0.236 e. The minimum absolute atomic E-state index is 0.323. The van der Waals surface area contributed by atoms with Crippen LogP contribution < -0.4 is 4.90 Å². The van der Waals surface area contributed by atoms with Gasteiger partial charge >= 0.3 is 0 Å². The second kappa shape index (κ2) is 8.48. The molecule has 1 amide bonds. The van der Waals surface area contributed by atoms with Crippen LogP contribution in [0.25, 0.3) is 0 Å². The van der Waals surface area contributed by atoms with Crippen molar-refractivity contribution in [2.75, 3.05) is 50.7 Å². The van der Waals surface area contributed by atoms with Crippen molar-refractivity contribution in [3.8, 4) is 0 Å². The fraction of sp³-hybridized carbons (Fsp3) is 0.708. The summed E-state index contributed by atoms with van der Waals surface area (Å²) in [5.74, 6) is 0.323. The highest BCUT2D eigenvalue weighted by Crippen LogP contribution is 2.33. The Balaban J connectivity index is 1.15. The standard InChI is InChI=1S/C24H36N4O2/c1-18(29)19-5-7-21(8-6-19)28-16-22-9-10-23(28)15-27(22)17-24(30)26-13-11-25(12-14-26)20-3-2-4-20/h5-8,18,20,22-23,29H,2-4,9-17H2,1H3. The van der Waals surface area contributed by atoms with E-state index < -0.39 is 6.10 Å². The summed E-state index contributed by atoms with van der Waals surface area (Å²) in [5.41, 5.74) is 2.21. The van der Waals surface area contributed by atoms with Crippen molar-refractivity contribution in [3.05, 3.63) is 29.8 Å². The van der Waals surface area contributed by atoms with Crippen LogP contribution in [-0.4, -0.2) is 89.7 Å². The van der Waals surface area contributed by atoms with Crippen LogP contribution in [0.5, 0.6) is 0 Å². The number of fused-ring (bicyclic) bond motifs is 3. The molecule has 4 aliphatic heterocycles. The maximum absolute atomic E-state index is 13.0. The number of aliphatic hydroxyl groups excluding tert-OH is 1. The molecule has 3 atom stereocenters. The van der Waals surface area contributed by atoms with Crippen LogP contribution >= 0.6 is 0 Å². The quantitative estimate of drug-likeness (QED) is 0.803. The number of carbonyl (C=O) groups excluding carboxylic acids is 1. The predicted molar refractivity (Wildman–Crippen MR) is 119 cm³/mol. The Hall–Kier alpha value is -1.63. The predicted octanol–water partition coefficient (Wildman–Crippen LogP) is 2.09. The first-order valence-corrected chi connectivity index (χ1v) is 11.9.